The summed E-state index contributed by atoms with van der Waals surface area (Å²) in [5.74, 6) is 1.87. The van der Waals surface area contributed by atoms with Crippen molar-refractivity contribution in [2.75, 3.05) is 13.2 Å². The molecule has 4 rings (SSSR count). The molecule has 1 atom stereocenters. The first-order chi connectivity index (χ1) is 12.2. The third-order valence-corrected chi connectivity index (χ3v) is 5.07. The lowest BCUT2D eigenvalue weighted by Crippen LogP contribution is -2.40. The summed E-state index contributed by atoms with van der Waals surface area (Å²) in [5.41, 5.74) is 2.24. The normalized spacial score (nSPS) is 20.8. The van der Waals surface area contributed by atoms with Gasteiger partial charge in [-0.1, -0.05) is 23.8 Å². The van der Waals surface area contributed by atoms with Crippen LogP contribution in [0.3, 0.4) is 0 Å². The molecule has 6 heteroatoms. The molecule has 0 bridgehead atoms. The molecular weight excluding hydrogens is 316 g/mol. The fourth-order valence-electron chi connectivity index (χ4n) is 3.68. The summed E-state index contributed by atoms with van der Waals surface area (Å²) in [6.07, 6.45) is 4.77. The zero-order chi connectivity index (χ0) is 17.2. The van der Waals surface area contributed by atoms with Gasteiger partial charge in [0, 0.05) is 25.1 Å². The lowest BCUT2D eigenvalue weighted by molar-refractivity contribution is -0.189. The monoisotopic (exact) mass is 340 g/mol. The Morgan fingerprint density at radius 3 is 3.04 bits per heavy atom. The number of aromatic nitrogens is 3. The van der Waals surface area contributed by atoms with Gasteiger partial charge in [-0.05, 0) is 38.7 Å². The lowest BCUT2D eigenvalue weighted by atomic mass is 9.97. The lowest BCUT2D eigenvalue weighted by Gasteiger charge is -2.28. The average Bonchev–Trinajstić information content (AvgIpc) is 2.85. The first-order valence-corrected chi connectivity index (χ1v) is 9.16. The molecule has 1 aromatic carbocycles. The fourth-order valence-corrected chi connectivity index (χ4v) is 3.68. The van der Waals surface area contributed by atoms with E-state index >= 15 is 0 Å². The summed E-state index contributed by atoms with van der Waals surface area (Å²) in [6.45, 7) is 4.05. The first-order valence-electron chi connectivity index (χ1n) is 9.16. The van der Waals surface area contributed by atoms with Crippen molar-refractivity contribution < 1.29 is 9.63 Å². The number of carbonyl (C=O) groups is 1. The van der Waals surface area contributed by atoms with Crippen LogP contribution in [0.4, 0.5) is 0 Å². The van der Waals surface area contributed by atoms with Gasteiger partial charge >= 0.3 is 0 Å². The molecule has 0 saturated carbocycles. The van der Waals surface area contributed by atoms with Crippen LogP contribution >= 0.6 is 0 Å². The number of rotatable bonds is 2. The van der Waals surface area contributed by atoms with Crippen LogP contribution in [0.15, 0.2) is 24.3 Å². The SMILES string of the molecule is Cc1cccc(-c2nnc3n2CC(C(=O)N2CCCCCO2)CC3)c1. The second-order valence-electron chi connectivity index (χ2n) is 6.99. The predicted octanol–water partition coefficient (Wildman–Crippen LogP) is 2.76. The smallest absolute Gasteiger partial charge is 0.251 e. The number of benzene rings is 1. The molecule has 2 aromatic rings. The molecule has 2 aliphatic heterocycles. The van der Waals surface area contributed by atoms with Crippen molar-refractivity contribution in [1.29, 1.82) is 0 Å². The number of hydrogen-bond donors (Lipinski definition) is 0. The van der Waals surface area contributed by atoms with Gasteiger partial charge in [0.05, 0.1) is 12.5 Å². The summed E-state index contributed by atoms with van der Waals surface area (Å²) < 4.78 is 2.11. The summed E-state index contributed by atoms with van der Waals surface area (Å²) in [5, 5.41) is 10.3. The van der Waals surface area contributed by atoms with Crippen molar-refractivity contribution in [2.45, 2.75) is 45.6 Å². The van der Waals surface area contributed by atoms with Crippen LogP contribution in [0, 0.1) is 12.8 Å². The van der Waals surface area contributed by atoms with Crippen molar-refractivity contribution >= 4 is 5.91 Å². The molecule has 1 aromatic heterocycles. The maximum absolute atomic E-state index is 12.9. The number of hydrogen-bond acceptors (Lipinski definition) is 4. The molecule has 1 unspecified atom stereocenters. The Kier molecular flexibility index (Phi) is 4.53. The quantitative estimate of drug-likeness (QED) is 0.843. The number of fused-ring (bicyclic) bond motifs is 1. The Balaban J connectivity index is 1.56. The van der Waals surface area contributed by atoms with Crippen molar-refractivity contribution in [3.8, 4) is 11.4 Å². The number of nitrogens with zero attached hydrogens (tertiary/aromatic N) is 4. The molecule has 0 aliphatic carbocycles. The molecule has 132 valence electrons. The van der Waals surface area contributed by atoms with Gasteiger partial charge in [-0.2, -0.15) is 0 Å². The largest absolute Gasteiger partial charge is 0.310 e. The van der Waals surface area contributed by atoms with Crippen LogP contribution < -0.4 is 0 Å². The van der Waals surface area contributed by atoms with Gasteiger partial charge in [-0.25, -0.2) is 5.06 Å². The second-order valence-corrected chi connectivity index (χ2v) is 6.99. The minimum absolute atomic E-state index is 0.0647. The molecular formula is C19H24N4O2. The molecule has 25 heavy (non-hydrogen) atoms. The highest BCUT2D eigenvalue weighted by Gasteiger charge is 2.31. The first kappa shape index (κ1) is 16.3. The Morgan fingerprint density at radius 1 is 1.24 bits per heavy atom. The summed E-state index contributed by atoms with van der Waals surface area (Å²) in [6, 6.07) is 8.26. The van der Waals surface area contributed by atoms with Crippen LogP contribution in [-0.4, -0.2) is 38.9 Å². The van der Waals surface area contributed by atoms with Gasteiger partial charge in [0.25, 0.3) is 5.91 Å². The molecule has 2 aliphatic rings. The Hall–Kier alpha value is -2.21. The molecule has 1 amide bonds. The maximum atomic E-state index is 12.9. The molecule has 1 fully saturated rings. The van der Waals surface area contributed by atoms with Crippen molar-refractivity contribution in [3.05, 3.63) is 35.7 Å². The minimum Gasteiger partial charge on any atom is -0.310 e. The minimum atomic E-state index is -0.0647. The highest BCUT2D eigenvalue weighted by Crippen LogP contribution is 2.27. The van der Waals surface area contributed by atoms with E-state index in [2.05, 4.69) is 33.8 Å². The Bertz CT molecular complexity index is 763. The predicted molar refractivity (Wildman–Crippen MR) is 93.5 cm³/mol. The molecule has 6 nitrogen and oxygen atoms in total. The average molecular weight is 340 g/mol. The third kappa shape index (κ3) is 3.31. The number of amides is 1. The van der Waals surface area contributed by atoms with E-state index in [-0.39, 0.29) is 11.8 Å². The van der Waals surface area contributed by atoms with Gasteiger partial charge in [0.2, 0.25) is 0 Å². The van der Waals surface area contributed by atoms with Gasteiger partial charge < -0.3 is 4.57 Å². The van der Waals surface area contributed by atoms with Gasteiger partial charge in [-0.3, -0.25) is 9.63 Å². The molecule has 0 radical (unpaired) electrons. The standard InChI is InChI=1S/C19H24N4O2/c1-14-6-5-7-15(12-14)18-21-20-17-9-8-16(13-22(17)18)19(24)23-10-3-2-4-11-25-23/h5-7,12,16H,2-4,8-11,13H2,1H3. The van der Waals surface area contributed by atoms with Crippen molar-refractivity contribution in [1.82, 2.24) is 19.8 Å². The summed E-state index contributed by atoms with van der Waals surface area (Å²) >= 11 is 0. The van der Waals surface area contributed by atoms with Crippen molar-refractivity contribution in [2.24, 2.45) is 5.92 Å². The zero-order valence-electron chi connectivity index (χ0n) is 14.6. The van der Waals surface area contributed by atoms with Gasteiger partial charge in [-0.15, -0.1) is 10.2 Å². The van der Waals surface area contributed by atoms with Crippen LogP contribution in [0.25, 0.3) is 11.4 Å². The van der Waals surface area contributed by atoms with E-state index in [0.29, 0.717) is 19.7 Å². The fraction of sp³-hybridized carbons (Fsp3) is 0.526. The number of carbonyl (C=O) groups excluding carboxylic acids is 1. The molecule has 3 heterocycles. The Labute approximate surface area is 147 Å². The van der Waals surface area contributed by atoms with E-state index in [4.69, 9.17) is 4.84 Å². The van der Waals surface area contributed by atoms with E-state index in [0.717, 1.165) is 49.3 Å². The van der Waals surface area contributed by atoms with Gasteiger partial charge in [0.15, 0.2) is 5.82 Å². The molecule has 1 saturated heterocycles. The summed E-state index contributed by atoms with van der Waals surface area (Å²) in [7, 11) is 0. The van der Waals surface area contributed by atoms with E-state index in [9.17, 15) is 4.79 Å². The summed E-state index contributed by atoms with van der Waals surface area (Å²) in [4.78, 5) is 18.5. The van der Waals surface area contributed by atoms with Gasteiger partial charge in [0.1, 0.15) is 5.82 Å². The van der Waals surface area contributed by atoms with Crippen LogP contribution in [-0.2, 0) is 22.6 Å². The second kappa shape index (κ2) is 6.96. The van der Waals surface area contributed by atoms with E-state index in [1.165, 1.54) is 5.56 Å². The molecule has 0 spiro atoms. The van der Waals surface area contributed by atoms with Crippen LogP contribution in [0.2, 0.25) is 0 Å². The number of hydroxylamine groups is 2. The van der Waals surface area contributed by atoms with E-state index in [1.54, 1.807) is 5.06 Å². The van der Waals surface area contributed by atoms with Crippen LogP contribution in [0.5, 0.6) is 0 Å². The van der Waals surface area contributed by atoms with Crippen LogP contribution in [0.1, 0.15) is 37.1 Å². The topological polar surface area (TPSA) is 60.2 Å². The van der Waals surface area contributed by atoms with E-state index in [1.807, 2.05) is 12.1 Å². The maximum Gasteiger partial charge on any atom is 0.251 e. The van der Waals surface area contributed by atoms with Crippen molar-refractivity contribution in [3.63, 3.8) is 0 Å². The zero-order valence-corrected chi connectivity index (χ0v) is 14.6. The Morgan fingerprint density at radius 2 is 2.16 bits per heavy atom. The third-order valence-electron chi connectivity index (χ3n) is 5.07. The highest BCUT2D eigenvalue weighted by molar-refractivity contribution is 5.78. The highest BCUT2D eigenvalue weighted by atomic mass is 16.7. The number of aryl methyl sites for hydroxylation is 2. The van der Waals surface area contributed by atoms with E-state index < -0.39 is 0 Å². The molecule has 0 N–H and O–H groups in total.